The maximum Gasteiger partial charge on any atom is 0.271 e. The van der Waals surface area contributed by atoms with Crippen molar-refractivity contribution in [3.63, 3.8) is 0 Å². The predicted molar refractivity (Wildman–Crippen MR) is 124 cm³/mol. The average Bonchev–Trinajstić information content (AvgIpc) is 2.79. The van der Waals surface area contributed by atoms with E-state index in [2.05, 4.69) is 15.5 Å². The fraction of sp³-hybridized carbons (Fsp3) is 0.0800. The van der Waals surface area contributed by atoms with Gasteiger partial charge in [0.1, 0.15) is 17.5 Å². The molecule has 0 fully saturated rings. The summed E-state index contributed by atoms with van der Waals surface area (Å²) in [6.07, 6.45) is 1.48. The summed E-state index contributed by atoms with van der Waals surface area (Å²) in [5.74, 6) is 0.362. The summed E-state index contributed by atoms with van der Waals surface area (Å²) in [4.78, 5) is 16.7. The maximum atomic E-state index is 12.3. The number of nitrogens with one attached hydrogen (secondary N) is 1. The minimum absolute atomic E-state index is 0.326. The molecule has 5 nitrogen and oxygen atoms in total. The van der Waals surface area contributed by atoms with Gasteiger partial charge in [0, 0.05) is 16.5 Å². The number of rotatable bonds is 6. The zero-order valence-electron chi connectivity index (χ0n) is 16.9. The van der Waals surface area contributed by atoms with Crippen LogP contribution < -0.4 is 10.2 Å². The molecule has 0 unspecified atom stereocenters. The smallest absolute Gasteiger partial charge is 0.271 e. The second kappa shape index (κ2) is 9.41. The third-order valence-electron chi connectivity index (χ3n) is 4.72. The second-order valence-corrected chi connectivity index (χ2v) is 7.42. The summed E-state index contributed by atoms with van der Waals surface area (Å²) < 4.78 is 5.77. The highest BCUT2D eigenvalue weighted by Crippen LogP contribution is 2.19. The van der Waals surface area contributed by atoms with Gasteiger partial charge in [0.25, 0.3) is 5.91 Å². The molecule has 1 amide bonds. The van der Waals surface area contributed by atoms with Crippen molar-refractivity contribution in [2.24, 2.45) is 5.10 Å². The average molecular weight is 430 g/mol. The third-order valence-corrected chi connectivity index (χ3v) is 5.02. The Morgan fingerprint density at radius 2 is 1.81 bits per heavy atom. The van der Waals surface area contributed by atoms with Gasteiger partial charge in [0.15, 0.2) is 0 Å². The Morgan fingerprint density at radius 3 is 2.58 bits per heavy atom. The van der Waals surface area contributed by atoms with Crippen LogP contribution in [-0.4, -0.2) is 17.1 Å². The second-order valence-electron chi connectivity index (χ2n) is 7.06. The molecule has 1 heterocycles. The minimum atomic E-state index is -0.328. The number of ether oxygens (including phenoxy) is 1. The quantitative estimate of drug-likeness (QED) is 0.248. The molecule has 0 saturated heterocycles. The van der Waals surface area contributed by atoms with E-state index in [1.54, 1.807) is 24.3 Å². The Hall–Kier alpha value is -3.70. The first-order chi connectivity index (χ1) is 15.1. The summed E-state index contributed by atoms with van der Waals surface area (Å²) in [5.41, 5.74) is 6.71. The van der Waals surface area contributed by atoms with Gasteiger partial charge in [-0.15, -0.1) is 0 Å². The summed E-state index contributed by atoms with van der Waals surface area (Å²) in [7, 11) is 0. The molecule has 0 radical (unpaired) electrons. The maximum absolute atomic E-state index is 12.3. The van der Waals surface area contributed by atoms with E-state index in [4.69, 9.17) is 16.3 Å². The van der Waals surface area contributed by atoms with Crippen molar-refractivity contribution in [1.29, 1.82) is 0 Å². The van der Waals surface area contributed by atoms with Crippen LogP contribution in [0.3, 0.4) is 0 Å². The SMILES string of the molecule is Cc1ccc(COc2ccc(C(=O)N/N=C\c3cc4ccccc4nc3Cl)cc2)cc1. The van der Waals surface area contributed by atoms with Crippen molar-refractivity contribution in [2.75, 3.05) is 0 Å². The zero-order valence-corrected chi connectivity index (χ0v) is 17.6. The Bertz CT molecular complexity index is 1240. The van der Waals surface area contributed by atoms with Crippen LogP contribution in [0.15, 0.2) is 84.0 Å². The fourth-order valence-corrected chi connectivity index (χ4v) is 3.17. The van der Waals surface area contributed by atoms with E-state index >= 15 is 0 Å². The first-order valence-corrected chi connectivity index (χ1v) is 10.1. The molecular formula is C25H20ClN3O2. The molecule has 1 N–H and O–H groups in total. The van der Waals surface area contributed by atoms with E-state index in [0.29, 0.717) is 28.6 Å². The molecule has 0 atom stereocenters. The number of aromatic nitrogens is 1. The molecule has 154 valence electrons. The molecule has 6 heteroatoms. The molecule has 4 rings (SSSR count). The zero-order chi connectivity index (χ0) is 21.6. The first kappa shape index (κ1) is 20.6. The minimum Gasteiger partial charge on any atom is -0.489 e. The van der Waals surface area contributed by atoms with Gasteiger partial charge in [-0.3, -0.25) is 4.79 Å². The van der Waals surface area contributed by atoms with Gasteiger partial charge < -0.3 is 4.74 Å². The molecule has 3 aromatic carbocycles. The highest BCUT2D eigenvalue weighted by molar-refractivity contribution is 6.32. The number of aryl methyl sites for hydroxylation is 1. The molecule has 4 aromatic rings. The third kappa shape index (κ3) is 5.27. The Labute approximate surface area is 185 Å². The summed E-state index contributed by atoms with van der Waals surface area (Å²) in [6.45, 7) is 2.52. The van der Waals surface area contributed by atoms with Gasteiger partial charge in [0.05, 0.1) is 11.7 Å². The lowest BCUT2D eigenvalue weighted by Gasteiger charge is -2.07. The van der Waals surface area contributed by atoms with Crippen molar-refractivity contribution in [3.8, 4) is 5.75 Å². The van der Waals surface area contributed by atoms with Crippen LogP contribution in [0.5, 0.6) is 5.75 Å². The molecule has 0 bridgehead atoms. The van der Waals surface area contributed by atoms with Crippen LogP contribution in [0, 0.1) is 6.92 Å². The molecule has 0 saturated carbocycles. The van der Waals surface area contributed by atoms with E-state index in [0.717, 1.165) is 16.5 Å². The Kier molecular flexibility index (Phi) is 6.24. The summed E-state index contributed by atoms with van der Waals surface area (Å²) in [6, 6.07) is 24.6. The molecule has 1 aromatic heterocycles. The summed E-state index contributed by atoms with van der Waals surface area (Å²) in [5, 5.41) is 5.28. The fourth-order valence-electron chi connectivity index (χ4n) is 2.98. The summed E-state index contributed by atoms with van der Waals surface area (Å²) >= 11 is 6.21. The van der Waals surface area contributed by atoms with Gasteiger partial charge in [-0.2, -0.15) is 5.10 Å². The number of hydrogen-bond donors (Lipinski definition) is 1. The molecule has 0 aliphatic carbocycles. The topological polar surface area (TPSA) is 63.6 Å². The largest absolute Gasteiger partial charge is 0.489 e. The number of hydrogen-bond acceptors (Lipinski definition) is 4. The molecule has 0 spiro atoms. The van der Waals surface area contributed by atoms with Crippen LogP contribution in [0.2, 0.25) is 5.15 Å². The number of hydrazone groups is 1. The standard InChI is InChI=1S/C25H20ClN3O2/c1-17-6-8-18(9-7-17)16-31-22-12-10-19(11-13-22)25(30)29-27-15-21-14-20-4-2-3-5-23(20)28-24(21)26/h2-15H,16H2,1H3,(H,29,30)/b27-15-. The molecule has 31 heavy (non-hydrogen) atoms. The predicted octanol–water partition coefficient (Wildman–Crippen LogP) is 5.54. The van der Waals surface area contributed by atoms with Gasteiger partial charge >= 0.3 is 0 Å². The van der Waals surface area contributed by atoms with Gasteiger partial charge in [-0.25, -0.2) is 10.4 Å². The number of nitrogens with zero attached hydrogens (tertiary/aromatic N) is 2. The van der Waals surface area contributed by atoms with E-state index in [9.17, 15) is 4.79 Å². The van der Waals surface area contributed by atoms with Crippen LogP contribution in [0.25, 0.3) is 10.9 Å². The van der Waals surface area contributed by atoms with Crippen LogP contribution >= 0.6 is 11.6 Å². The van der Waals surface area contributed by atoms with E-state index in [1.165, 1.54) is 11.8 Å². The normalized spacial score (nSPS) is 11.0. The van der Waals surface area contributed by atoms with Crippen molar-refractivity contribution < 1.29 is 9.53 Å². The Balaban J connectivity index is 1.35. The van der Waals surface area contributed by atoms with Crippen molar-refractivity contribution in [2.45, 2.75) is 13.5 Å². The molecule has 0 aliphatic rings. The molecule has 0 aliphatic heterocycles. The number of benzene rings is 3. The monoisotopic (exact) mass is 429 g/mol. The number of amides is 1. The van der Waals surface area contributed by atoms with Gasteiger partial charge in [0.2, 0.25) is 0 Å². The lowest BCUT2D eigenvalue weighted by molar-refractivity contribution is 0.0955. The number of pyridine rings is 1. The number of carbonyl (C=O) groups excluding carboxylic acids is 1. The first-order valence-electron chi connectivity index (χ1n) is 9.75. The van der Waals surface area contributed by atoms with Crippen molar-refractivity contribution in [3.05, 3.63) is 106 Å². The van der Waals surface area contributed by atoms with Crippen LogP contribution in [0.4, 0.5) is 0 Å². The van der Waals surface area contributed by atoms with Crippen LogP contribution in [-0.2, 0) is 6.61 Å². The number of halogens is 1. The number of fused-ring (bicyclic) bond motifs is 1. The van der Waals surface area contributed by atoms with Crippen LogP contribution in [0.1, 0.15) is 27.0 Å². The number of carbonyl (C=O) groups is 1. The lowest BCUT2D eigenvalue weighted by atomic mass is 10.2. The van der Waals surface area contributed by atoms with E-state index < -0.39 is 0 Å². The van der Waals surface area contributed by atoms with E-state index in [-0.39, 0.29) is 5.91 Å². The van der Waals surface area contributed by atoms with Crippen molar-refractivity contribution in [1.82, 2.24) is 10.4 Å². The lowest BCUT2D eigenvalue weighted by Crippen LogP contribution is -2.17. The molecular weight excluding hydrogens is 410 g/mol. The van der Waals surface area contributed by atoms with Gasteiger partial charge in [-0.05, 0) is 48.9 Å². The van der Waals surface area contributed by atoms with Crippen molar-refractivity contribution >= 4 is 34.6 Å². The highest BCUT2D eigenvalue weighted by atomic mass is 35.5. The van der Waals surface area contributed by atoms with Gasteiger partial charge in [-0.1, -0.05) is 59.6 Å². The highest BCUT2D eigenvalue weighted by Gasteiger charge is 2.06. The van der Waals surface area contributed by atoms with E-state index in [1.807, 2.05) is 61.5 Å². The Morgan fingerprint density at radius 1 is 1.06 bits per heavy atom. The number of para-hydroxylation sites is 1.